The van der Waals surface area contributed by atoms with Gasteiger partial charge in [-0.2, -0.15) is 5.26 Å². The second-order valence-electron chi connectivity index (χ2n) is 3.39. The molecule has 0 radical (unpaired) electrons. The first-order valence-corrected chi connectivity index (χ1v) is 4.85. The van der Waals surface area contributed by atoms with Gasteiger partial charge in [0.2, 0.25) is 5.96 Å². The van der Waals surface area contributed by atoms with E-state index in [0.717, 1.165) is 5.56 Å². The average molecular weight is 228 g/mol. The van der Waals surface area contributed by atoms with E-state index in [-0.39, 0.29) is 12.5 Å². The summed E-state index contributed by atoms with van der Waals surface area (Å²) in [5, 5.41) is 13.3. The third-order valence-corrected chi connectivity index (χ3v) is 2.15. The van der Waals surface area contributed by atoms with E-state index in [1.54, 1.807) is 18.2 Å². The van der Waals surface area contributed by atoms with Crippen LogP contribution in [0.3, 0.4) is 0 Å². The van der Waals surface area contributed by atoms with Crippen molar-refractivity contribution in [2.75, 3.05) is 0 Å². The predicted molar refractivity (Wildman–Crippen MR) is 58.6 cm³/mol. The highest BCUT2D eigenvalue weighted by Crippen LogP contribution is 2.05. The van der Waals surface area contributed by atoms with Crippen molar-refractivity contribution in [2.45, 2.75) is 6.54 Å². The Labute approximate surface area is 97.0 Å². The number of hydrogen-bond acceptors (Lipinski definition) is 4. The van der Waals surface area contributed by atoms with Gasteiger partial charge in [-0.05, 0) is 17.7 Å². The molecular weight excluding hydrogens is 220 g/mol. The molecule has 0 unspecified atom stereocenters. The van der Waals surface area contributed by atoms with Gasteiger partial charge in [0.25, 0.3) is 0 Å². The van der Waals surface area contributed by atoms with Crippen LogP contribution in [0, 0.1) is 11.3 Å². The van der Waals surface area contributed by atoms with E-state index in [1.165, 1.54) is 0 Å². The van der Waals surface area contributed by atoms with E-state index in [0.29, 0.717) is 5.56 Å². The molecule has 0 spiro atoms. The van der Waals surface area contributed by atoms with Crippen LogP contribution in [-0.4, -0.2) is 17.8 Å². The SMILES string of the molecule is N#Cc1cccc(CN=C2NC(=O)C(=O)N2)c1. The summed E-state index contributed by atoms with van der Waals surface area (Å²) >= 11 is 0. The molecule has 6 heteroatoms. The van der Waals surface area contributed by atoms with Crippen LogP contribution in [0.15, 0.2) is 29.3 Å². The van der Waals surface area contributed by atoms with Crippen molar-refractivity contribution >= 4 is 17.8 Å². The molecule has 2 amide bonds. The molecule has 0 saturated carbocycles. The Morgan fingerprint density at radius 2 is 1.94 bits per heavy atom. The van der Waals surface area contributed by atoms with Gasteiger partial charge in [-0.1, -0.05) is 12.1 Å². The third-order valence-electron chi connectivity index (χ3n) is 2.15. The first-order chi connectivity index (χ1) is 8.19. The van der Waals surface area contributed by atoms with Crippen LogP contribution in [0.5, 0.6) is 0 Å². The van der Waals surface area contributed by atoms with Gasteiger partial charge in [0.15, 0.2) is 0 Å². The molecule has 84 valence electrons. The molecule has 1 aliphatic rings. The largest absolute Gasteiger partial charge is 0.316 e. The van der Waals surface area contributed by atoms with Gasteiger partial charge in [0.1, 0.15) is 0 Å². The number of carbonyl (C=O) groups excluding carboxylic acids is 2. The van der Waals surface area contributed by atoms with Crippen LogP contribution < -0.4 is 10.6 Å². The Hall–Kier alpha value is -2.68. The fourth-order valence-electron chi connectivity index (χ4n) is 1.35. The number of nitrogens with one attached hydrogen (secondary N) is 2. The maximum absolute atomic E-state index is 10.8. The lowest BCUT2D eigenvalue weighted by molar-refractivity contribution is -0.135. The van der Waals surface area contributed by atoms with Gasteiger partial charge >= 0.3 is 11.8 Å². The van der Waals surface area contributed by atoms with E-state index < -0.39 is 11.8 Å². The fourth-order valence-corrected chi connectivity index (χ4v) is 1.35. The van der Waals surface area contributed by atoms with Crippen LogP contribution in [0.25, 0.3) is 0 Å². The van der Waals surface area contributed by atoms with Gasteiger partial charge in [-0.15, -0.1) is 0 Å². The highest BCUT2D eigenvalue weighted by molar-refractivity contribution is 6.45. The molecule has 2 N–H and O–H groups in total. The molecule has 1 fully saturated rings. The first kappa shape index (κ1) is 10.8. The summed E-state index contributed by atoms with van der Waals surface area (Å²) in [6.45, 7) is 0.283. The van der Waals surface area contributed by atoms with Crippen molar-refractivity contribution in [2.24, 2.45) is 4.99 Å². The Kier molecular flexibility index (Phi) is 2.83. The fraction of sp³-hybridized carbons (Fsp3) is 0.0909. The predicted octanol–water partition coefficient (Wildman–Crippen LogP) is -0.340. The molecule has 1 aliphatic heterocycles. The summed E-state index contributed by atoms with van der Waals surface area (Å²) in [6.07, 6.45) is 0. The van der Waals surface area contributed by atoms with Crippen molar-refractivity contribution < 1.29 is 9.59 Å². The van der Waals surface area contributed by atoms with Crippen molar-refractivity contribution in [1.29, 1.82) is 5.26 Å². The maximum atomic E-state index is 10.8. The Bertz CT molecular complexity index is 539. The van der Waals surface area contributed by atoms with E-state index >= 15 is 0 Å². The molecule has 6 nitrogen and oxygen atoms in total. The molecule has 1 aromatic carbocycles. The molecular formula is C11H8N4O2. The number of aliphatic imine (C=N–C) groups is 1. The normalized spacial score (nSPS) is 13.9. The summed E-state index contributed by atoms with van der Waals surface area (Å²) in [6, 6.07) is 8.97. The molecule has 1 heterocycles. The van der Waals surface area contributed by atoms with Crippen LogP contribution in [0.1, 0.15) is 11.1 Å². The highest BCUT2D eigenvalue weighted by Gasteiger charge is 2.24. The highest BCUT2D eigenvalue weighted by atomic mass is 16.2. The minimum Gasteiger partial charge on any atom is -0.288 e. The standard InChI is InChI=1S/C11H8N4O2/c12-5-7-2-1-3-8(4-7)6-13-11-14-9(16)10(17)15-11/h1-4H,6H2,(H2,13,14,15,16,17). The maximum Gasteiger partial charge on any atom is 0.316 e. The van der Waals surface area contributed by atoms with Gasteiger partial charge in [0, 0.05) is 0 Å². The average Bonchev–Trinajstić information content (AvgIpc) is 2.67. The number of benzene rings is 1. The lowest BCUT2D eigenvalue weighted by Gasteiger charge is -1.98. The summed E-state index contributed by atoms with van der Waals surface area (Å²) in [5.41, 5.74) is 1.37. The zero-order valence-electron chi connectivity index (χ0n) is 8.73. The number of carbonyl (C=O) groups is 2. The van der Waals surface area contributed by atoms with Gasteiger partial charge in [-0.3, -0.25) is 20.2 Å². The lowest BCUT2D eigenvalue weighted by atomic mass is 10.1. The van der Waals surface area contributed by atoms with Gasteiger partial charge in [0.05, 0.1) is 18.2 Å². The topological polar surface area (TPSA) is 94.3 Å². The molecule has 0 aliphatic carbocycles. The summed E-state index contributed by atoms with van der Waals surface area (Å²) in [5.74, 6) is -1.29. The molecule has 0 aromatic heterocycles. The number of amides is 2. The summed E-state index contributed by atoms with van der Waals surface area (Å²) in [4.78, 5) is 25.7. The van der Waals surface area contributed by atoms with Crippen molar-refractivity contribution in [3.63, 3.8) is 0 Å². The molecule has 1 saturated heterocycles. The van der Waals surface area contributed by atoms with E-state index in [1.807, 2.05) is 12.1 Å². The lowest BCUT2D eigenvalue weighted by Crippen LogP contribution is -2.25. The van der Waals surface area contributed by atoms with Gasteiger partial charge in [-0.25, -0.2) is 4.99 Å². The number of nitrogens with zero attached hydrogens (tertiary/aromatic N) is 2. The van der Waals surface area contributed by atoms with Crippen LogP contribution in [0.2, 0.25) is 0 Å². The number of guanidine groups is 1. The Balaban J connectivity index is 2.08. The first-order valence-electron chi connectivity index (χ1n) is 4.85. The summed E-state index contributed by atoms with van der Waals surface area (Å²) < 4.78 is 0. The second-order valence-corrected chi connectivity index (χ2v) is 3.39. The van der Waals surface area contributed by atoms with Crippen LogP contribution in [0.4, 0.5) is 0 Å². The molecule has 0 bridgehead atoms. The van der Waals surface area contributed by atoms with Crippen LogP contribution in [-0.2, 0) is 16.1 Å². The zero-order valence-corrected chi connectivity index (χ0v) is 8.73. The zero-order chi connectivity index (χ0) is 12.3. The second kappa shape index (κ2) is 4.45. The van der Waals surface area contributed by atoms with E-state index in [9.17, 15) is 9.59 Å². The Morgan fingerprint density at radius 3 is 2.59 bits per heavy atom. The minimum absolute atomic E-state index is 0.141. The van der Waals surface area contributed by atoms with E-state index in [4.69, 9.17) is 5.26 Å². The molecule has 17 heavy (non-hydrogen) atoms. The third kappa shape index (κ3) is 2.46. The Morgan fingerprint density at radius 1 is 1.24 bits per heavy atom. The number of rotatable bonds is 2. The monoisotopic (exact) mass is 228 g/mol. The van der Waals surface area contributed by atoms with E-state index in [2.05, 4.69) is 15.6 Å². The number of nitriles is 1. The molecule has 1 aromatic rings. The summed E-state index contributed by atoms with van der Waals surface area (Å²) in [7, 11) is 0. The van der Waals surface area contributed by atoms with Crippen molar-refractivity contribution in [3.8, 4) is 6.07 Å². The van der Waals surface area contributed by atoms with Crippen LogP contribution >= 0.6 is 0 Å². The number of hydrogen-bond donors (Lipinski definition) is 2. The van der Waals surface area contributed by atoms with Crippen molar-refractivity contribution in [3.05, 3.63) is 35.4 Å². The molecule has 2 rings (SSSR count). The van der Waals surface area contributed by atoms with Crippen molar-refractivity contribution in [1.82, 2.24) is 10.6 Å². The smallest absolute Gasteiger partial charge is 0.288 e. The van der Waals surface area contributed by atoms with Gasteiger partial charge < -0.3 is 0 Å². The molecule has 0 atom stereocenters. The quantitative estimate of drug-likeness (QED) is 0.678. The minimum atomic E-state index is -0.713.